The molecule has 2 atom stereocenters. The summed E-state index contributed by atoms with van der Waals surface area (Å²) < 4.78 is 39.4. The number of aromatic nitrogens is 2. The first kappa shape index (κ1) is 30.5. The van der Waals surface area contributed by atoms with Gasteiger partial charge in [-0.05, 0) is 76.2 Å². The van der Waals surface area contributed by atoms with E-state index in [2.05, 4.69) is 17.1 Å². The van der Waals surface area contributed by atoms with Gasteiger partial charge in [0.1, 0.15) is 11.9 Å². The summed E-state index contributed by atoms with van der Waals surface area (Å²) in [5.74, 6) is 0.399. The van der Waals surface area contributed by atoms with Gasteiger partial charge in [-0.25, -0.2) is 8.78 Å². The summed E-state index contributed by atoms with van der Waals surface area (Å²) in [6.45, 7) is 3.25. The maximum absolute atomic E-state index is 13.6. The summed E-state index contributed by atoms with van der Waals surface area (Å²) in [7, 11) is 1.93. The van der Waals surface area contributed by atoms with E-state index in [1.54, 1.807) is 0 Å². The Hall–Kier alpha value is -1.70. The van der Waals surface area contributed by atoms with Gasteiger partial charge in [-0.3, -0.25) is 0 Å². The Morgan fingerprint density at radius 2 is 1.72 bits per heavy atom. The zero-order chi connectivity index (χ0) is 23.9. The molecule has 0 radical (unpaired) electrons. The third-order valence-corrected chi connectivity index (χ3v) is 7.04. The molecule has 1 aromatic carbocycles. The molecule has 1 aromatic heterocycles. The van der Waals surface area contributed by atoms with Gasteiger partial charge in [-0.15, -0.1) is 29.9 Å². The molecule has 4 rings (SSSR count). The van der Waals surface area contributed by atoms with E-state index in [0.29, 0.717) is 31.5 Å². The molecule has 1 aliphatic heterocycles. The fraction of sp³-hybridized carbons (Fsp3) is 0.630. The normalized spacial score (nSPS) is 20.9. The smallest absolute Gasteiger partial charge is 0.245 e. The Balaban J connectivity index is 0.00000228. The first-order valence-corrected chi connectivity index (χ1v) is 12.8. The van der Waals surface area contributed by atoms with E-state index in [9.17, 15) is 8.78 Å². The Labute approximate surface area is 226 Å². The van der Waals surface area contributed by atoms with Crippen LogP contribution in [0.2, 0.25) is 0 Å². The van der Waals surface area contributed by atoms with Crippen LogP contribution in [0.4, 0.5) is 8.78 Å². The average Bonchev–Trinajstić information content (AvgIpc) is 2.84. The van der Waals surface area contributed by atoms with E-state index in [1.165, 1.54) is 19.3 Å². The van der Waals surface area contributed by atoms with Crippen molar-refractivity contribution in [3.05, 3.63) is 36.0 Å². The molecular formula is C27H39Cl2F2N3O2. The molecule has 0 bridgehead atoms. The summed E-state index contributed by atoms with van der Waals surface area (Å²) >= 11 is 0. The van der Waals surface area contributed by atoms with Crippen molar-refractivity contribution in [1.29, 1.82) is 0 Å². The van der Waals surface area contributed by atoms with Crippen LogP contribution in [0.1, 0.15) is 64.0 Å². The van der Waals surface area contributed by atoms with Crippen molar-refractivity contribution in [2.45, 2.75) is 83.3 Å². The van der Waals surface area contributed by atoms with Gasteiger partial charge < -0.3 is 14.4 Å². The van der Waals surface area contributed by atoms with Crippen LogP contribution in [0.3, 0.4) is 0 Å². The maximum atomic E-state index is 13.6. The van der Waals surface area contributed by atoms with Gasteiger partial charge >= 0.3 is 0 Å². The topological polar surface area (TPSA) is 47.5 Å². The van der Waals surface area contributed by atoms with Gasteiger partial charge in [0.2, 0.25) is 12.3 Å². The molecule has 0 amide bonds. The Bertz CT molecular complexity index is 914. The van der Waals surface area contributed by atoms with Crippen molar-refractivity contribution in [3.8, 4) is 22.8 Å². The lowest BCUT2D eigenvalue weighted by atomic mass is 9.94. The molecule has 0 unspecified atom stereocenters. The maximum Gasteiger partial charge on any atom is 0.245 e. The molecule has 2 aliphatic rings. The second-order valence-corrected chi connectivity index (χ2v) is 9.75. The molecule has 1 saturated heterocycles. The zero-order valence-electron chi connectivity index (χ0n) is 21.2. The van der Waals surface area contributed by atoms with Crippen LogP contribution in [-0.2, 0) is 6.42 Å². The standard InChI is InChI=1S/C27H37F2N3O2.2ClH/c1-3-4-10-24-23(19-11-13-21(14-12-19)33-20-8-6-5-7-9-20)17-26(31-30-24)34-25-18-32(2)16-15-22(25)27(28)29;;/h11-14,17,20,22,25,27H,3-10,15-16,18H2,1-2H3;2*1H/t22-,25-;;/m0../s1. The molecule has 5 nitrogen and oxygen atoms in total. The second kappa shape index (κ2) is 14.9. The lowest BCUT2D eigenvalue weighted by Crippen LogP contribution is -2.47. The predicted octanol–water partition coefficient (Wildman–Crippen LogP) is 7.01. The van der Waals surface area contributed by atoms with Gasteiger partial charge in [0, 0.05) is 18.2 Å². The van der Waals surface area contributed by atoms with Crippen LogP contribution in [0.25, 0.3) is 11.1 Å². The molecule has 2 fully saturated rings. The lowest BCUT2D eigenvalue weighted by Gasteiger charge is -2.35. The number of halogens is 4. The molecule has 1 aliphatic carbocycles. The van der Waals surface area contributed by atoms with E-state index in [4.69, 9.17) is 9.47 Å². The summed E-state index contributed by atoms with van der Waals surface area (Å²) in [5.41, 5.74) is 2.86. The number of unbranched alkanes of at least 4 members (excludes halogenated alkanes) is 1. The van der Waals surface area contributed by atoms with Crippen molar-refractivity contribution >= 4 is 24.8 Å². The number of rotatable bonds is 9. The first-order valence-electron chi connectivity index (χ1n) is 12.8. The summed E-state index contributed by atoms with van der Waals surface area (Å²) in [6, 6.07) is 9.98. The minimum atomic E-state index is -2.41. The summed E-state index contributed by atoms with van der Waals surface area (Å²) in [4.78, 5) is 2.03. The molecule has 1 saturated carbocycles. The molecule has 0 spiro atoms. The third-order valence-electron chi connectivity index (χ3n) is 7.04. The number of nitrogens with zero attached hydrogens (tertiary/aromatic N) is 3. The van der Waals surface area contributed by atoms with E-state index in [1.807, 2.05) is 42.3 Å². The number of likely N-dealkylation sites (tertiary alicyclic amines) is 1. The zero-order valence-corrected chi connectivity index (χ0v) is 22.8. The average molecular weight is 547 g/mol. The summed E-state index contributed by atoms with van der Waals surface area (Å²) in [5, 5.41) is 8.72. The minimum absolute atomic E-state index is 0. The molecular weight excluding hydrogens is 507 g/mol. The van der Waals surface area contributed by atoms with Crippen molar-refractivity contribution in [1.82, 2.24) is 15.1 Å². The van der Waals surface area contributed by atoms with Gasteiger partial charge in [0.05, 0.1) is 17.7 Å². The van der Waals surface area contributed by atoms with Crippen molar-refractivity contribution in [2.24, 2.45) is 5.92 Å². The Kier molecular flexibility index (Phi) is 12.6. The monoisotopic (exact) mass is 545 g/mol. The van der Waals surface area contributed by atoms with Crippen LogP contribution in [0, 0.1) is 5.92 Å². The van der Waals surface area contributed by atoms with E-state index in [0.717, 1.165) is 54.7 Å². The fourth-order valence-electron chi connectivity index (χ4n) is 4.98. The van der Waals surface area contributed by atoms with E-state index < -0.39 is 18.4 Å². The van der Waals surface area contributed by atoms with Crippen LogP contribution < -0.4 is 9.47 Å². The number of benzene rings is 1. The molecule has 0 N–H and O–H groups in total. The van der Waals surface area contributed by atoms with Crippen molar-refractivity contribution < 1.29 is 18.3 Å². The van der Waals surface area contributed by atoms with Crippen molar-refractivity contribution in [2.75, 3.05) is 20.1 Å². The largest absolute Gasteiger partial charge is 0.490 e. The van der Waals surface area contributed by atoms with Gasteiger partial charge in [0.15, 0.2) is 0 Å². The predicted molar refractivity (Wildman–Crippen MR) is 144 cm³/mol. The third kappa shape index (κ3) is 8.15. The van der Waals surface area contributed by atoms with Gasteiger partial charge in [0.25, 0.3) is 0 Å². The Morgan fingerprint density at radius 1 is 1.00 bits per heavy atom. The number of likely N-dealkylation sites (N-methyl/N-ethyl adjacent to an activating group) is 1. The highest BCUT2D eigenvalue weighted by molar-refractivity contribution is 5.85. The number of alkyl halides is 2. The molecule has 36 heavy (non-hydrogen) atoms. The Morgan fingerprint density at radius 3 is 2.39 bits per heavy atom. The number of hydrogen-bond donors (Lipinski definition) is 0. The fourth-order valence-corrected chi connectivity index (χ4v) is 4.98. The minimum Gasteiger partial charge on any atom is -0.490 e. The van der Waals surface area contributed by atoms with Crippen LogP contribution in [0.5, 0.6) is 11.6 Å². The van der Waals surface area contributed by atoms with E-state index >= 15 is 0 Å². The second-order valence-electron chi connectivity index (χ2n) is 9.75. The van der Waals surface area contributed by atoms with Crippen molar-refractivity contribution in [3.63, 3.8) is 0 Å². The number of aryl methyl sites for hydroxylation is 1. The highest BCUT2D eigenvalue weighted by atomic mass is 35.5. The number of hydrogen-bond acceptors (Lipinski definition) is 5. The highest BCUT2D eigenvalue weighted by Gasteiger charge is 2.36. The van der Waals surface area contributed by atoms with Crippen LogP contribution in [0.15, 0.2) is 30.3 Å². The van der Waals surface area contributed by atoms with Gasteiger partial charge in [-0.1, -0.05) is 31.9 Å². The number of ether oxygens (including phenoxy) is 2. The van der Waals surface area contributed by atoms with Crippen LogP contribution >= 0.6 is 24.8 Å². The molecule has 2 heterocycles. The van der Waals surface area contributed by atoms with E-state index in [-0.39, 0.29) is 24.8 Å². The highest BCUT2D eigenvalue weighted by Crippen LogP contribution is 2.32. The molecule has 2 aromatic rings. The number of piperidine rings is 1. The van der Waals surface area contributed by atoms with Crippen LogP contribution in [-0.4, -0.2) is 53.9 Å². The lowest BCUT2D eigenvalue weighted by molar-refractivity contribution is -0.0383. The first-order chi connectivity index (χ1) is 16.5. The summed E-state index contributed by atoms with van der Waals surface area (Å²) in [6.07, 6.45) is 6.58. The quantitative estimate of drug-likeness (QED) is 0.339. The SMILES string of the molecule is CCCCc1nnc(O[C@H]2CN(C)CC[C@@H]2C(F)F)cc1-c1ccc(OC2CCCCC2)cc1.Cl.Cl. The molecule has 202 valence electrons. The van der Waals surface area contributed by atoms with Gasteiger partial charge in [-0.2, -0.15) is 5.10 Å². The molecule has 9 heteroatoms.